The molecule has 0 amide bonds. The van der Waals surface area contributed by atoms with Crippen molar-refractivity contribution < 1.29 is 9.13 Å². The van der Waals surface area contributed by atoms with Gasteiger partial charge in [-0.05, 0) is 51.8 Å². The van der Waals surface area contributed by atoms with Gasteiger partial charge in [0.15, 0.2) is 0 Å². The van der Waals surface area contributed by atoms with Crippen LogP contribution in [0.25, 0.3) is 0 Å². The summed E-state index contributed by atoms with van der Waals surface area (Å²) in [5.74, 6) is 0.272. The fourth-order valence-electron chi connectivity index (χ4n) is 1.83. The van der Waals surface area contributed by atoms with E-state index in [0.29, 0.717) is 20.8 Å². The molecular weight excluding hydrogens is 333 g/mol. The highest BCUT2D eigenvalue weighted by atomic mass is 79.9. The molecule has 1 atom stereocenters. The predicted octanol–water partition coefficient (Wildman–Crippen LogP) is 4.30. The van der Waals surface area contributed by atoms with Gasteiger partial charge in [-0.1, -0.05) is 17.7 Å². The van der Waals surface area contributed by atoms with Crippen LogP contribution in [0.3, 0.4) is 0 Å². The Morgan fingerprint density at radius 3 is 2.63 bits per heavy atom. The molecule has 2 rings (SSSR count). The second-order valence-electron chi connectivity index (χ2n) is 4.04. The average Bonchev–Trinajstić information content (AvgIpc) is 2.41. The van der Waals surface area contributed by atoms with Gasteiger partial charge in [-0.25, -0.2) is 4.39 Å². The minimum absolute atomic E-state index is 0.353. The highest BCUT2D eigenvalue weighted by molar-refractivity contribution is 9.10. The van der Waals surface area contributed by atoms with E-state index < -0.39 is 6.04 Å². The number of nitrogens with two attached hydrogens (primary N) is 1. The number of hydrogen-bond acceptors (Lipinski definition) is 2. The van der Waals surface area contributed by atoms with Crippen LogP contribution in [-0.2, 0) is 0 Å². The van der Waals surface area contributed by atoms with Crippen molar-refractivity contribution >= 4 is 27.5 Å². The first kappa shape index (κ1) is 14.3. The number of rotatable bonds is 3. The van der Waals surface area contributed by atoms with E-state index in [-0.39, 0.29) is 5.82 Å². The lowest BCUT2D eigenvalue weighted by Crippen LogP contribution is -2.13. The largest absolute Gasteiger partial charge is 0.496 e. The smallest absolute Gasteiger partial charge is 0.137 e. The lowest BCUT2D eigenvalue weighted by Gasteiger charge is -2.16. The fourth-order valence-corrected chi connectivity index (χ4v) is 2.26. The molecule has 0 fully saturated rings. The van der Waals surface area contributed by atoms with Crippen LogP contribution in [0, 0.1) is 5.82 Å². The van der Waals surface area contributed by atoms with Crippen molar-refractivity contribution in [1.82, 2.24) is 0 Å². The van der Waals surface area contributed by atoms with E-state index in [0.717, 1.165) is 5.56 Å². The highest BCUT2D eigenvalue weighted by Gasteiger charge is 2.16. The van der Waals surface area contributed by atoms with Crippen LogP contribution in [0.1, 0.15) is 17.2 Å². The molecule has 1 unspecified atom stereocenters. The van der Waals surface area contributed by atoms with Crippen molar-refractivity contribution in [2.45, 2.75) is 6.04 Å². The number of halogens is 3. The van der Waals surface area contributed by atoms with Gasteiger partial charge in [0.1, 0.15) is 11.6 Å². The Kier molecular flexibility index (Phi) is 4.45. The molecule has 0 saturated heterocycles. The van der Waals surface area contributed by atoms with Crippen LogP contribution < -0.4 is 10.5 Å². The Morgan fingerprint density at radius 1 is 1.26 bits per heavy atom. The molecule has 0 aliphatic heterocycles. The normalized spacial score (nSPS) is 12.3. The highest BCUT2D eigenvalue weighted by Crippen LogP contribution is 2.31. The van der Waals surface area contributed by atoms with Gasteiger partial charge in [-0.3, -0.25) is 0 Å². The van der Waals surface area contributed by atoms with Crippen molar-refractivity contribution in [2.75, 3.05) is 7.11 Å². The van der Waals surface area contributed by atoms with Crippen LogP contribution in [0.4, 0.5) is 4.39 Å². The van der Waals surface area contributed by atoms with Crippen molar-refractivity contribution in [2.24, 2.45) is 5.73 Å². The van der Waals surface area contributed by atoms with Gasteiger partial charge in [0.05, 0.1) is 17.6 Å². The lowest BCUT2D eigenvalue weighted by molar-refractivity contribution is 0.408. The molecule has 2 N–H and O–H groups in total. The molecule has 2 nitrogen and oxygen atoms in total. The third-order valence-electron chi connectivity index (χ3n) is 2.83. The minimum Gasteiger partial charge on any atom is -0.496 e. The topological polar surface area (TPSA) is 35.2 Å². The predicted molar refractivity (Wildman–Crippen MR) is 78.1 cm³/mol. The summed E-state index contributed by atoms with van der Waals surface area (Å²) in [7, 11) is 1.56. The molecule has 0 bridgehead atoms. The van der Waals surface area contributed by atoms with Crippen LogP contribution in [0.5, 0.6) is 5.75 Å². The SMILES string of the molecule is COc1ccc(Cl)cc1C(N)c1ccc(Br)c(F)c1. The van der Waals surface area contributed by atoms with Crippen LogP contribution >= 0.6 is 27.5 Å². The summed E-state index contributed by atoms with van der Waals surface area (Å²) in [6.45, 7) is 0. The Hall–Kier alpha value is -1.10. The molecule has 0 saturated carbocycles. The first-order valence-electron chi connectivity index (χ1n) is 5.57. The Balaban J connectivity index is 2.45. The van der Waals surface area contributed by atoms with E-state index in [9.17, 15) is 4.39 Å². The fraction of sp³-hybridized carbons (Fsp3) is 0.143. The van der Waals surface area contributed by atoms with Gasteiger partial charge >= 0.3 is 0 Å². The minimum atomic E-state index is -0.503. The zero-order chi connectivity index (χ0) is 14.0. The van der Waals surface area contributed by atoms with Crippen molar-refractivity contribution in [3.8, 4) is 5.75 Å². The van der Waals surface area contributed by atoms with Gasteiger partial charge in [-0.2, -0.15) is 0 Å². The summed E-state index contributed by atoms with van der Waals surface area (Å²) in [4.78, 5) is 0. The van der Waals surface area contributed by atoms with E-state index in [2.05, 4.69) is 15.9 Å². The number of methoxy groups -OCH3 is 1. The molecule has 0 heterocycles. The monoisotopic (exact) mass is 343 g/mol. The summed E-state index contributed by atoms with van der Waals surface area (Å²) < 4.78 is 19.2. The standard InChI is InChI=1S/C14H12BrClFNO/c1-19-13-5-3-9(16)7-10(13)14(18)8-2-4-11(15)12(17)6-8/h2-7,14H,18H2,1H3. The van der Waals surface area contributed by atoms with Gasteiger partial charge in [-0.15, -0.1) is 0 Å². The summed E-state index contributed by atoms with van der Waals surface area (Å²) in [5.41, 5.74) is 7.53. The first-order chi connectivity index (χ1) is 9.02. The average molecular weight is 345 g/mol. The summed E-state index contributed by atoms with van der Waals surface area (Å²) in [6.07, 6.45) is 0. The first-order valence-corrected chi connectivity index (χ1v) is 6.74. The van der Waals surface area contributed by atoms with Gasteiger partial charge in [0.2, 0.25) is 0 Å². The van der Waals surface area contributed by atoms with Gasteiger partial charge in [0.25, 0.3) is 0 Å². The van der Waals surface area contributed by atoms with Crippen molar-refractivity contribution in [1.29, 1.82) is 0 Å². The summed E-state index contributed by atoms with van der Waals surface area (Å²) in [6, 6.07) is 9.47. The summed E-state index contributed by atoms with van der Waals surface area (Å²) in [5, 5.41) is 0.559. The maximum atomic E-state index is 13.6. The van der Waals surface area contributed by atoms with Crippen molar-refractivity contribution in [3.63, 3.8) is 0 Å². The molecule has 0 aliphatic rings. The second kappa shape index (κ2) is 5.90. The van der Waals surface area contributed by atoms with Crippen molar-refractivity contribution in [3.05, 3.63) is 62.8 Å². The molecule has 19 heavy (non-hydrogen) atoms. The van der Waals surface area contributed by atoms with Crippen LogP contribution in [0.15, 0.2) is 40.9 Å². The van der Waals surface area contributed by atoms with Gasteiger partial charge in [0, 0.05) is 10.6 Å². The van der Waals surface area contributed by atoms with Gasteiger partial charge < -0.3 is 10.5 Å². The van der Waals surface area contributed by atoms with E-state index in [1.807, 2.05) is 0 Å². The van der Waals surface area contributed by atoms with E-state index in [4.69, 9.17) is 22.1 Å². The van der Waals surface area contributed by atoms with E-state index in [1.54, 1.807) is 37.4 Å². The number of benzene rings is 2. The molecule has 0 spiro atoms. The lowest BCUT2D eigenvalue weighted by atomic mass is 9.98. The Labute approximate surface area is 124 Å². The zero-order valence-electron chi connectivity index (χ0n) is 10.2. The number of ether oxygens (including phenoxy) is 1. The quantitative estimate of drug-likeness (QED) is 0.901. The molecule has 0 aliphatic carbocycles. The molecule has 2 aromatic carbocycles. The Morgan fingerprint density at radius 2 is 2.00 bits per heavy atom. The maximum Gasteiger partial charge on any atom is 0.137 e. The molecular formula is C14H12BrClFNO. The number of hydrogen-bond donors (Lipinski definition) is 1. The van der Waals surface area contributed by atoms with E-state index >= 15 is 0 Å². The molecule has 5 heteroatoms. The molecule has 2 aromatic rings. The molecule has 100 valence electrons. The maximum absolute atomic E-state index is 13.6. The van der Waals surface area contributed by atoms with Crippen LogP contribution in [-0.4, -0.2) is 7.11 Å². The van der Waals surface area contributed by atoms with Crippen LogP contribution in [0.2, 0.25) is 5.02 Å². The Bertz CT molecular complexity index is 606. The third-order valence-corrected chi connectivity index (χ3v) is 3.71. The third kappa shape index (κ3) is 3.08. The van der Waals surface area contributed by atoms with E-state index in [1.165, 1.54) is 6.07 Å². The zero-order valence-corrected chi connectivity index (χ0v) is 12.5. The molecule has 0 radical (unpaired) electrons. The molecule has 0 aromatic heterocycles. The summed E-state index contributed by atoms with van der Waals surface area (Å²) >= 11 is 9.08. The second-order valence-corrected chi connectivity index (χ2v) is 5.33.